The zero-order valence-corrected chi connectivity index (χ0v) is 13.1. The minimum atomic E-state index is -3.87. The number of aromatic nitrogens is 2. The lowest BCUT2D eigenvalue weighted by Crippen LogP contribution is -2.13. The molecule has 2 N–H and O–H groups in total. The highest BCUT2D eigenvalue weighted by Gasteiger charge is 2.16. The van der Waals surface area contributed by atoms with Crippen LogP contribution < -0.4 is 4.72 Å². The molecule has 1 aromatic heterocycles. The molecule has 0 spiro atoms. The van der Waals surface area contributed by atoms with Crippen molar-refractivity contribution in [3.8, 4) is 5.69 Å². The molecule has 0 aliphatic heterocycles. The van der Waals surface area contributed by atoms with Gasteiger partial charge in [-0.3, -0.25) is 4.72 Å². The fraction of sp³-hybridized carbons (Fsp3) is 0. The smallest absolute Gasteiger partial charge is 0.335 e. The summed E-state index contributed by atoms with van der Waals surface area (Å²) in [6, 6.07) is 13.6. The summed E-state index contributed by atoms with van der Waals surface area (Å²) < 4.78 is 28.8. The highest BCUT2D eigenvalue weighted by atomic mass is 32.2. The van der Waals surface area contributed by atoms with Gasteiger partial charge in [-0.05, 0) is 48.5 Å². The largest absolute Gasteiger partial charge is 0.478 e. The fourth-order valence-corrected chi connectivity index (χ4v) is 3.22. The van der Waals surface area contributed by atoms with Crippen LogP contribution in [0.3, 0.4) is 0 Å². The van der Waals surface area contributed by atoms with Gasteiger partial charge in [0, 0.05) is 18.1 Å². The molecule has 8 heteroatoms. The second kappa shape index (κ2) is 6.17. The summed E-state index contributed by atoms with van der Waals surface area (Å²) in [7, 11) is -3.87. The van der Waals surface area contributed by atoms with E-state index >= 15 is 0 Å². The Morgan fingerprint density at radius 3 is 2.46 bits per heavy atom. The third-order valence-corrected chi connectivity index (χ3v) is 4.66. The van der Waals surface area contributed by atoms with Crippen molar-refractivity contribution >= 4 is 21.7 Å². The van der Waals surface area contributed by atoms with E-state index in [9.17, 15) is 13.2 Å². The van der Waals surface area contributed by atoms with Gasteiger partial charge in [-0.25, -0.2) is 17.9 Å². The molecule has 122 valence electrons. The van der Waals surface area contributed by atoms with E-state index in [1.807, 2.05) is 0 Å². The van der Waals surface area contributed by atoms with Gasteiger partial charge in [0.05, 0.1) is 16.1 Å². The van der Waals surface area contributed by atoms with Crippen LogP contribution in [-0.4, -0.2) is 29.3 Å². The molecule has 2 aromatic carbocycles. The van der Waals surface area contributed by atoms with Crippen LogP contribution in [-0.2, 0) is 10.0 Å². The van der Waals surface area contributed by atoms with E-state index in [1.54, 1.807) is 47.4 Å². The summed E-state index contributed by atoms with van der Waals surface area (Å²) in [4.78, 5) is 10.9. The number of nitrogens with zero attached hydrogens (tertiary/aromatic N) is 2. The maximum Gasteiger partial charge on any atom is 0.335 e. The summed E-state index contributed by atoms with van der Waals surface area (Å²) in [6.45, 7) is 0. The van der Waals surface area contributed by atoms with Crippen molar-refractivity contribution in [3.05, 3.63) is 72.6 Å². The molecule has 3 aromatic rings. The Balaban J connectivity index is 1.84. The molecular formula is C16H13N3O4S. The molecule has 1 heterocycles. The number of carboxylic acids is 1. The van der Waals surface area contributed by atoms with E-state index in [4.69, 9.17) is 5.11 Å². The molecule has 0 aliphatic rings. The quantitative estimate of drug-likeness (QED) is 0.740. The predicted molar refractivity (Wildman–Crippen MR) is 87.8 cm³/mol. The van der Waals surface area contributed by atoms with Crippen molar-refractivity contribution in [2.45, 2.75) is 4.90 Å². The van der Waals surface area contributed by atoms with Crippen LogP contribution in [0.25, 0.3) is 5.69 Å². The Morgan fingerprint density at radius 2 is 1.83 bits per heavy atom. The van der Waals surface area contributed by atoms with Gasteiger partial charge in [0.25, 0.3) is 10.0 Å². The predicted octanol–water partition coefficient (Wildman–Crippen LogP) is 2.37. The fourth-order valence-electron chi connectivity index (χ4n) is 2.11. The maximum absolute atomic E-state index is 12.4. The Kier molecular flexibility index (Phi) is 4.05. The first-order valence-electron chi connectivity index (χ1n) is 6.92. The standard InChI is InChI=1S/C16H13N3O4S/c20-16(21)12-3-1-4-15(11-12)24(22,23)18-13-5-7-14(8-6-13)19-10-2-9-17-19/h1-11,18H,(H,20,21). The van der Waals surface area contributed by atoms with Crippen LogP contribution in [0, 0.1) is 0 Å². The number of hydrogen-bond acceptors (Lipinski definition) is 4. The van der Waals surface area contributed by atoms with Crippen LogP contribution in [0.2, 0.25) is 0 Å². The van der Waals surface area contributed by atoms with Gasteiger partial charge in [-0.1, -0.05) is 6.07 Å². The van der Waals surface area contributed by atoms with Crippen LogP contribution in [0.1, 0.15) is 10.4 Å². The van der Waals surface area contributed by atoms with Crippen molar-refractivity contribution in [1.29, 1.82) is 0 Å². The SMILES string of the molecule is O=C(O)c1cccc(S(=O)(=O)Nc2ccc(-n3cccn3)cc2)c1. The molecule has 0 radical (unpaired) electrons. The first kappa shape index (κ1) is 15.8. The number of sulfonamides is 1. The van der Waals surface area contributed by atoms with Crippen molar-refractivity contribution in [2.75, 3.05) is 4.72 Å². The number of carboxylic acid groups (broad SMARTS) is 1. The van der Waals surface area contributed by atoms with Gasteiger partial charge in [0.15, 0.2) is 0 Å². The normalized spacial score (nSPS) is 11.2. The topological polar surface area (TPSA) is 101 Å². The van der Waals surface area contributed by atoms with Crippen LogP contribution in [0.5, 0.6) is 0 Å². The summed E-state index contributed by atoms with van der Waals surface area (Å²) in [5, 5.41) is 13.0. The van der Waals surface area contributed by atoms with Gasteiger partial charge in [-0.2, -0.15) is 5.10 Å². The highest BCUT2D eigenvalue weighted by Crippen LogP contribution is 2.18. The number of carbonyl (C=O) groups is 1. The second-order valence-electron chi connectivity index (χ2n) is 4.94. The van der Waals surface area contributed by atoms with Crippen molar-refractivity contribution in [1.82, 2.24) is 9.78 Å². The molecule has 7 nitrogen and oxygen atoms in total. The molecule has 0 saturated carbocycles. The van der Waals surface area contributed by atoms with Crippen LogP contribution in [0.15, 0.2) is 71.9 Å². The van der Waals surface area contributed by atoms with E-state index in [2.05, 4.69) is 9.82 Å². The molecule has 24 heavy (non-hydrogen) atoms. The van der Waals surface area contributed by atoms with E-state index < -0.39 is 16.0 Å². The van der Waals surface area contributed by atoms with Gasteiger partial charge in [0.1, 0.15) is 0 Å². The summed E-state index contributed by atoms with van der Waals surface area (Å²) >= 11 is 0. The summed E-state index contributed by atoms with van der Waals surface area (Å²) in [6.07, 6.45) is 3.42. The zero-order chi connectivity index (χ0) is 17.2. The molecular weight excluding hydrogens is 330 g/mol. The van der Waals surface area contributed by atoms with Crippen molar-refractivity contribution in [3.63, 3.8) is 0 Å². The first-order valence-corrected chi connectivity index (χ1v) is 8.40. The van der Waals surface area contributed by atoms with Gasteiger partial charge < -0.3 is 5.11 Å². The average molecular weight is 343 g/mol. The van der Waals surface area contributed by atoms with Crippen LogP contribution in [0.4, 0.5) is 5.69 Å². The maximum atomic E-state index is 12.4. The van der Waals surface area contributed by atoms with Gasteiger partial charge in [-0.15, -0.1) is 0 Å². The number of benzene rings is 2. The van der Waals surface area contributed by atoms with Crippen LogP contribution >= 0.6 is 0 Å². The number of anilines is 1. The Morgan fingerprint density at radius 1 is 1.08 bits per heavy atom. The monoisotopic (exact) mass is 343 g/mol. The van der Waals surface area contributed by atoms with Gasteiger partial charge >= 0.3 is 5.97 Å². The second-order valence-corrected chi connectivity index (χ2v) is 6.62. The lowest BCUT2D eigenvalue weighted by Gasteiger charge is -2.09. The molecule has 0 bridgehead atoms. The number of aromatic carboxylic acids is 1. The highest BCUT2D eigenvalue weighted by molar-refractivity contribution is 7.92. The molecule has 3 rings (SSSR count). The molecule has 0 aliphatic carbocycles. The number of nitrogens with one attached hydrogen (secondary N) is 1. The molecule has 0 fully saturated rings. The summed E-state index contributed by atoms with van der Waals surface area (Å²) in [5.41, 5.74) is 1.06. The first-order chi connectivity index (χ1) is 11.5. The minimum Gasteiger partial charge on any atom is -0.478 e. The Hall–Kier alpha value is -3.13. The lowest BCUT2D eigenvalue weighted by molar-refractivity contribution is 0.0696. The van der Waals surface area contributed by atoms with Gasteiger partial charge in [0.2, 0.25) is 0 Å². The van der Waals surface area contributed by atoms with E-state index in [0.717, 1.165) is 11.8 Å². The molecule has 0 saturated heterocycles. The van der Waals surface area contributed by atoms with E-state index in [-0.39, 0.29) is 10.5 Å². The minimum absolute atomic E-state index is 0.0908. The zero-order valence-electron chi connectivity index (χ0n) is 12.3. The van der Waals surface area contributed by atoms with Crippen molar-refractivity contribution in [2.24, 2.45) is 0 Å². The van der Waals surface area contributed by atoms with Crippen molar-refractivity contribution < 1.29 is 18.3 Å². The van der Waals surface area contributed by atoms with E-state index in [0.29, 0.717) is 5.69 Å². The number of hydrogen-bond donors (Lipinski definition) is 2. The summed E-state index contributed by atoms with van der Waals surface area (Å²) in [5.74, 6) is -1.18. The van der Waals surface area contributed by atoms with E-state index in [1.165, 1.54) is 18.2 Å². The molecule has 0 amide bonds. The Labute approximate surface area is 138 Å². The third kappa shape index (κ3) is 3.28. The molecule has 0 atom stereocenters. The average Bonchev–Trinajstić information content (AvgIpc) is 3.10. The number of rotatable bonds is 5. The lowest BCUT2D eigenvalue weighted by atomic mass is 10.2. The Bertz CT molecular complexity index is 965. The third-order valence-electron chi connectivity index (χ3n) is 3.28. The molecule has 0 unspecified atom stereocenters.